The van der Waals surface area contributed by atoms with Crippen molar-refractivity contribution in [2.24, 2.45) is 17.3 Å². The van der Waals surface area contributed by atoms with Crippen LogP contribution in [0.4, 0.5) is 0 Å². The SMILES string of the molecule is C=C(C1CC1)[C@@]12C=C[C@@H]1[C@@H](n1ccc3c(Cl)ncnc31)[C@@H]1OC(C)(C)O[C@@H]12. The van der Waals surface area contributed by atoms with E-state index in [0.29, 0.717) is 17.0 Å². The molecule has 2 aromatic heterocycles. The molecule has 4 aliphatic rings. The lowest BCUT2D eigenvalue weighted by Crippen LogP contribution is -2.44. The van der Waals surface area contributed by atoms with Crippen LogP contribution in [0.1, 0.15) is 32.7 Å². The highest BCUT2D eigenvalue weighted by Gasteiger charge is 2.70. The third kappa shape index (κ3) is 1.97. The first-order valence-corrected chi connectivity index (χ1v) is 10.0. The highest BCUT2D eigenvalue weighted by molar-refractivity contribution is 6.33. The summed E-state index contributed by atoms with van der Waals surface area (Å²) in [5.74, 6) is 0.303. The maximum Gasteiger partial charge on any atom is 0.163 e. The smallest absolute Gasteiger partial charge is 0.163 e. The zero-order chi connectivity index (χ0) is 18.6. The van der Waals surface area contributed by atoms with Gasteiger partial charge in [0, 0.05) is 17.5 Å². The Morgan fingerprint density at radius 1 is 1.30 bits per heavy atom. The number of halogens is 1. The monoisotopic (exact) mass is 383 g/mol. The predicted octanol–water partition coefficient (Wildman–Crippen LogP) is 4.30. The molecule has 0 unspecified atom stereocenters. The molecule has 1 aliphatic heterocycles. The second-order valence-electron chi connectivity index (χ2n) is 8.75. The van der Waals surface area contributed by atoms with E-state index in [1.54, 1.807) is 0 Å². The van der Waals surface area contributed by atoms with Crippen molar-refractivity contribution in [1.82, 2.24) is 14.5 Å². The largest absolute Gasteiger partial charge is 0.343 e. The number of fused-ring (bicyclic) bond motifs is 4. The maximum absolute atomic E-state index is 6.47. The normalized spacial score (nSPS) is 38.6. The molecule has 0 radical (unpaired) electrons. The number of rotatable bonds is 3. The average molecular weight is 384 g/mol. The number of allylic oxidation sites excluding steroid dienone is 1. The van der Waals surface area contributed by atoms with Crippen molar-refractivity contribution in [1.29, 1.82) is 0 Å². The van der Waals surface area contributed by atoms with Crippen LogP contribution in [-0.4, -0.2) is 32.5 Å². The van der Waals surface area contributed by atoms with E-state index in [0.717, 1.165) is 11.0 Å². The van der Waals surface area contributed by atoms with Crippen molar-refractivity contribution in [3.63, 3.8) is 0 Å². The van der Waals surface area contributed by atoms with Crippen LogP contribution in [0.3, 0.4) is 0 Å². The van der Waals surface area contributed by atoms with Gasteiger partial charge in [0.15, 0.2) is 5.79 Å². The lowest BCUT2D eigenvalue weighted by atomic mass is 9.61. The molecule has 2 aromatic rings. The van der Waals surface area contributed by atoms with Crippen LogP contribution in [0.25, 0.3) is 11.0 Å². The Bertz CT molecular complexity index is 1010. The zero-order valence-electron chi connectivity index (χ0n) is 15.4. The van der Waals surface area contributed by atoms with Crippen molar-refractivity contribution in [3.05, 3.63) is 48.0 Å². The minimum Gasteiger partial charge on any atom is -0.343 e. The van der Waals surface area contributed by atoms with Crippen LogP contribution >= 0.6 is 11.6 Å². The lowest BCUT2D eigenvalue weighted by Gasteiger charge is -2.45. The standard InChI is InChI=1S/C21H22ClN3O2/c1-11(12-4-5-12)21-8-6-14(21)15(16-17(21)27-20(2,3)26-16)25-9-7-13-18(22)23-10-24-19(13)25/h6-10,12,14-17H,1,4-5H2,2-3H3/t14-,15-,16+,17+,21+/m1/s1. The van der Waals surface area contributed by atoms with Crippen molar-refractivity contribution in [2.75, 3.05) is 0 Å². The fourth-order valence-electron chi connectivity index (χ4n) is 5.51. The topological polar surface area (TPSA) is 49.2 Å². The van der Waals surface area contributed by atoms with Gasteiger partial charge in [-0.2, -0.15) is 0 Å². The van der Waals surface area contributed by atoms with Crippen LogP contribution in [0.15, 0.2) is 42.9 Å². The number of hydrogen-bond donors (Lipinski definition) is 0. The number of nitrogens with zero attached hydrogens (tertiary/aromatic N) is 3. The summed E-state index contributed by atoms with van der Waals surface area (Å²) in [5, 5.41) is 1.35. The van der Waals surface area contributed by atoms with E-state index in [1.807, 2.05) is 19.9 Å². The Labute approximate surface area is 163 Å². The molecule has 5 nitrogen and oxygen atoms in total. The van der Waals surface area contributed by atoms with Crippen LogP contribution in [0, 0.1) is 17.3 Å². The second-order valence-corrected chi connectivity index (χ2v) is 9.11. The summed E-state index contributed by atoms with van der Waals surface area (Å²) in [6, 6.07) is 2.09. The summed E-state index contributed by atoms with van der Waals surface area (Å²) >= 11 is 6.29. The third-order valence-electron chi connectivity index (χ3n) is 6.84. The molecular formula is C21H22ClN3O2. The van der Waals surface area contributed by atoms with Crippen molar-refractivity contribution < 1.29 is 9.47 Å². The van der Waals surface area contributed by atoms with Crippen molar-refractivity contribution in [2.45, 2.75) is 50.7 Å². The van der Waals surface area contributed by atoms with E-state index < -0.39 is 5.79 Å². The zero-order valence-corrected chi connectivity index (χ0v) is 16.2. The molecule has 6 heteroatoms. The molecule has 3 aliphatic carbocycles. The molecule has 140 valence electrons. The van der Waals surface area contributed by atoms with E-state index in [1.165, 1.54) is 24.7 Å². The summed E-state index contributed by atoms with van der Waals surface area (Å²) in [7, 11) is 0. The molecular weight excluding hydrogens is 362 g/mol. The quantitative estimate of drug-likeness (QED) is 0.585. The molecule has 2 saturated carbocycles. The highest BCUT2D eigenvalue weighted by atomic mass is 35.5. The second kappa shape index (κ2) is 5.02. The van der Waals surface area contributed by atoms with Gasteiger partial charge in [-0.05, 0) is 38.7 Å². The van der Waals surface area contributed by atoms with Gasteiger partial charge in [0.1, 0.15) is 29.3 Å². The lowest BCUT2D eigenvalue weighted by molar-refractivity contribution is -0.169. The molecule has 3 heterocycles. The Balaban J connectivity index is 1.52. The summed E-state index contributed by atoms with van der Waals surface area (Å²) in [5.41, 5.74) is 2.02. The Kier molecular flexibility index (Phi) is 3.03. The molecule has 3 fully saturated rings. The maximum atomic E-state index is 6.47. The Morgan fingerprint density at radius 3 is 2.81 bits per heavy atom. The molecule has 1 saturated heterocycles. The summed E-state index contributed by atoms with van der Waals surface area (Å²) in [4.78, 5) is 8.64. The minimum absolute atomic E-state index is 0.0182. The number of ether oxygens (including phenoxy) is 2. The van der Waals surface area contributed by atoms with E-state index in [-0.39, 0.29) is 23.7 Å². The molecule has 5 atom stereocenters. The van der Waals surface area contributed by atoms with Crippen LogP contribution in [0.5, 0.6) is 0 Å². The summed E-state index contributed by atoms with van der Waals surface area (Å²) < 4.78 is 15.1. The molecule has 0 N–H and O–H groups in total. The van der Waals surface area contributed by atoms with E-state index >= 15 is 0 Å². The third-order valence-corrected chi connectivity index (χ3v) is 7.14. The van der Waals surface area contributed by atoms with E-state index in [2.05, 4.69) is 39.5 Å². The van der Waals surface area contributed by atoms with Gasteiger partial charge in [-0.3, -0.25) is 0 Å². The Morgan fingerprint density at radius 2 is 2.11 bits per heavy atom. The first kappa shape index (κ1) is 16.3. The molecule has 0 aromatic carbocycles. The summed E-state index contributed by atoms with van der Waals surface area (Å²) in [6.45, 7) is 8.53. The van der Waals surface area contributed by atoms with Gasteiger partial charge in [0.05, 0.1) is 11.4 Å². The molecule has 6 rings (SSSR count). The van der Waals surface area contributed by atoms with Crippen LogP contribution < -0.4 is 0 Å². The van der Waals surface area contributed by atoms with Gasteiger partial charge in [-0.1, -0.05) is 35.9 Å². The molecule has 0 bridgehead atoms. The van der Waals surface area contributed by atoms with Gasteiger partial charge in [0.25, 0.3) is 0 Å². The van der Waals surface area contributed by atoms with Gasteiger partial charge in [-0.25, -0.2) is 9.97 Å². The first-order valence-electron chi connectivity index (χ1n) is 9.64. The summed E-state index contributed by atoms with van der Waals surface area (Å²) in [6.07, 6.45) is 10.6. The van der Waals surface area contributed by atoms with Gasteiger partial charge in [-0.15, -0.1) is 0 Å². The minimum atomic E-state index is -0.603. The van der Waals surface area contributed by atoms with Crippen molar-refractivity contribution >= 4 is 22.6 Å². The fraction of sp³-hybridized carbons (Fsp3) is 0.524. The van der Waals surface area contributed by atoms with Gasteiger partial charge < -0.3 is 14.0 Å². The van der Waals surface area contributed by atoms with Crippen LogP contribution in [-0.2, 0) is 9.47 Å². The first-order chi connectivity index (χ1) is 12.9. The number of hydrogen-bond acceptors (Lipinski definition) is 4. The Hall–Kier alpha value is -1.69. The van der Waals surface area contributed by atoms with E-state index in [9.17, 15) is 0 Å². The molecule has 27 heavy (non-hydrogen) atoms. The van der Waals surface area contributed by atoms with Crippen molar-refractivity contribution in [3.8, 4) is 0 Å². The van der Waals surface area contributed by atoms with Gasteiger partial charge in [0.2, 0.25) is 0 Å². The number of aromatic nitrogens is 3. The fourth-order valence-corrected chi connectivity index (χ4v) is 5.70. The predicted molar refractivity (Wildman–Crippen MR) is 102 cm³/mol. The average Bonchev–Trinajstić information content (AvgIpc) is 3.24. The van der Waals surface area contributed by atoms with E-state index in [4.69, 9.17) is 21.1 Å². The molecule has 0 spiro atoms. The van der Waals surface area contributed by atoms with Gasteiger partial charge >= 0.3 is 0 Å². The highest BCUT2D eigenvalue weighted by Crippen LogP contribution is 2.67. The van der Waals surface area contributed by atoms with Crippen LogP contribution in [0.2, 0.25) is 5.15 Å². The molecule has 0 amide bonds.